The Bertz CT molecular complexity index is 869. The molecule has 0 spiro atoms. The maximum atomic E-state index is 12.5. The first-order chi connectivity index (χ1) is 12.1. The molecule has 0 aromatic carbocycles. The van der Waals surface area contributed by atoms with Crippen molar-refractivity contribution < 1.29 is 9.53 Å². The molecule has 3 heterocycles. The Morgan fingerprint density at radius 2 is 2.20 bits per heavy atom. The number of rotatable bonds is 6. The van der Waals surface area contributed by atoms with Crippen molar-refractivity contribution in [3.8, 4) is 11.6 Å². The van der Waals surface area contributed by atoms with Crippen LogP contribution in [0.3, 0.4) is 0 Å². The zero-order chi connectivity index (χ0) is 17.8. The molecule has 3 aromatic heterocycles. The molecule has 0 aliphatic carbocycles. The van der Waals surface area contributed by atoms with E-state index in [1.807, 2.05) is 6.92 Å². The van der Waals surface area contributed by atoms with Gasteiger partial charge in [-0.15, -0.1) is 0 Å². The van der Waals surface area contributed by atoms with Gasteiger partial charge >= 0.3 is 0 Å². The van der Waals surface area contributed by atoms with Gasteiger partial charge in [0.05, 0.1) is 23.7 Å². The standard InChI is InChI=1S/C17H20N6O2/c1-4-8-23-11-13(9-19-23)16(24)20-15-12(2)21-22(3)17(15)25-14-6-5-7-18-10-14/h5-7,9-11H,4,8H2,1-3H3,(H,20,24). The summed E-state index contributed by atoms with van der Waals surface area (Å²) in [6.07, 6.45) is 7.50. The van der Waals surface area contributed by atoms with Crippen molar-refractivity contribution in [2.45, 2.75) is 26.8 Å². The van der Waals surface area contributed by atoms with Crippen LogP contribution >= 0.6 is 0 Å². The van der Waals surface area contributed by atoms with Crippen LogP contribution in [0.4, 0.5) is 5.69 Å². The summed E-state index contributed by atoms with van der Waals surface area (Å²) >= 11 is 0. The minimum Gasteiger partial charge on any atom is -0.436 e. The van der Waals surface area contributed by atoms with E-state index in [0.29, 0.717) is 28.6 Å². The van der Waals surface area contributed by atoms with Crippen LogP contribution in [0.1, 0.15) is 29.4 Å². The van der Waals surface area contributed by atoms with Crippen LogP contribution in [0.25, 0.3) is 0 Å². The van der Waals surface area contributed by atoms with Crippen molar-refractivity contribution in [2.75, 3.05) is 5.32 Å². The van der Waals surface area contributed by atoms with E-state index in [1.54, 1.807) is 53.3 Å². The third kappa shape index (κ3) is 3.68. The predicted octanol–water partition coefficient (Wildman–Crippen LogP) is 2.77. The maximum absolute atomic E-state index is 12.5. The van der Waals surface area contributed by atoms with Crippen LogP contribution in [0.5, 0.6) is 11.6 Å². The van der Waals surface area contributed by atoms with E-state index < -0.39 is 0 Å². The average molecular weight is 340 g/mol. The van der Waals surface area contributed by atoms with Gasteiger partial charge in [-0.05, 0) is 25.5 Å². The number of carbonyl (C=O) groups is 1. The molecular weight excluding hydrogens is 320 g/mol. The second-order valence-corrected chi connectivity index (χ2v) is 5.63. The van der Waals surface area contributed by atoms with Gasteiger partial charge in [0.2, 0.25) is 5.88 Å². The molecule has 0 unspecified atom stereocenters. The highest BCUT2D eigenvalue weighted by atomic mass is 16.5. The lowest BCUT2D eigenvalue weighted by molar-refractivity contribution is 0.102. The van der Waals surface area contributed by atoms with Crippen LogP contribution < -0.4 is 10.1 Å². The van der Waals surface area contributed by atoms with Gasteiger partial charge in [0.25, 0.3) is 5.91 Å². The molecule has 0 bridgehead atoms. The molecule has 0 saturated carbocycles. The lowest BCUT2D eigenvalue weighted by Gasteiger charge is -2.09. The fourth-order valence-corrected chi connectivity index (χ4v) is 2.43. The Morgan fingerprint density at radius 3 is 2.92 bits per heavy atom. The summed E-state index contributed by atoms with van der Waals surface area (Å²) in [5.74, 6) is 0.756. The molecule has 0 aliphatic rings. The fourth-order valence-electron chi connectivity index (χ4n) is 2.43. The minimum atomic E-state index is -0.255. The summed E-state index contributed by atoms with van der Waals surface area (Å²) in [5.41, 5.74) is 1.68. The number of carbonyl (C=O) groups excluding carboxylic acids is 1. The van der Waals surface area contributed by atoms with Crippen molar-refractivity contribution >= 4 is 11.6 Å². The highest BCUT2D eigenvalue weighted by Crippen LogP contribution is 2.31. The topological polar surface area (TPSA) is 86.9 Å². The van der Waals surface area contributed by atoms with E-state index in [0.717, 1.165) is 13.0 Å². The molecule has 3 rings (SSSR count). The van der Waals surface area contributed by atoms with Gasteiger partial charge in [0, 0.05) is 26.0 Å². The SMILES string of the molecule is CCCn1cc(C(=O)Nc2c(C)nn(C)c2Oc2cccnc2)cn1. The third-order valence-corrected chi connectivity index (χ3v) is 3.61. The first kappa shape index (κ1) is 16.7. The molecule has 1 N–H and O–H groups in total. The quantitative estimate of drug-likeness (QED) is 0.745. The number of aryl methyl sites for hydroxylation is 3. The molecule has 3 aromatic rings. The molecule has 0 radical (unpaired) electrons. The van der Waals surface area contributed by atoms with Gasteiger partial charge in [-0.2, -0.15) is 10.2 Å². The van der Waals surface area contributed by atoms with Gasteiger partial charge in [-0.3, -0.25) is 14.5 Å². The Hall–Kier alpha value is -3.16. The predicted molar refractivity (Wildman–Crippen MR) is 92.7 cm³/mol. The second-order valence-electron chi connectivity index (χ2n) is 5.63. The zero-order valence-corrected chi connectivity index (χ0v) is 14.4. The summed E-state index contributed by atoms with van der Waals surface area (Å²) in [6.45, 7) is 4.64. The molecule has 8 heteroatoms. The summed E-state index contributed by atoms with van der Waals surface area (Å²) in [4.78, 5) is 16.6. The van der Waals surface area contributed by atoms with E-state index in [-0.39, 0.29) is 5.91 Å². The molecule has 25 heavy (non-hydrogen) atoms. The Balaban J connectivity index is 1.83. The molecule has 1 amide bonds. The first-order valence-electron chi connectivity index (χ1n) is 8.03. The minimum absolute atomic E-state index is 0.255. The monoisotopic (exact) mass is 340 g/mol. The summed E-state index contributed by atoms with van der Waals surface area (Å²) in [7, 11) is 1.76. The van der Waals surface area contributed by atoms with E-state index in [1.165, 1.54) is 0 Å². The number of hydrogen-bond acceptors (Lipinski definition) is 5. The molecule has 0 aliphatic heterocycles. The third-order valence-electron chi connectivity index (χ3n) is 3.61. The summed E-state index contributed by atoms with van der Waals surface area (Å²) < 4.78 is 9.17. The number of nitrogens with one attached hydrogen (secondary N) is 1. The van der Waals surface area contributed by atoms with Gasteiger partial charge in [0.1, 0.15) is 11.4 Å². The van der Waals surface area contributed by atoms with E-state index in [9.17, 15) is 4.79 Å². The number of pyridine rings is 1. The smallest absolute Gasteiger partial charge is 0.259 e. The Morgan fingerprint density at radius 1 is 1.36 bits per heavy atom. The van der Waals surface area contributed by atoms with Crippen LogP contribution in [0, 0.1) is 6.92 Å². The summed E-state index contributed by atoms with van der Waals surface area (Å²) in [5, 5.41) is 11.4. The van der Waals surface area contributed by atoms with E-state index in [2.05, 4.69) is 27.4 Å². The van der Waals surface area contributed by atoms with Crippen molar-refractivity contribution in [1.82, 2.24) is 24.5 Å². The van der Waals surface area contributed by atoms with Gasteiger partial charge < -0.3 is 10.1 Å². The molecule has 130 valence electrons. The Kier molecular flexibility index (Phi) is 4.78. The van der Waals surface area contributed by atoms with Gasteiger partial charge in [-0.25, -0.2) is 4.68 Å². The largest absolute Gasteiger partial charge is 0.436 e. The second kappa shape index (κ2) is 7.16. The number of aromatic nitrogens is 5. The van der Waals surface area contributed by atoms with Crippen molar-refractivity contribution in [3.63, 3.8) is 0 Å². The molecule has 0 fully saturated rings. The van der Waals surface area contributed by atoms with Crippen LogP contribution in [-0.4, -0.2) is 30.5 Å². The first-order valence-corrected chi connectivity index (χ1v) is 8.03. The van der Waals surface area contributed by atoms with E-state index in [4.69, 9.17) is 4.74 Å². The fraction of sp³-hybridized carbons (Fsp3) is 0.294. The van der Waals surface area contributed by atoms with Gasteiger partial charge in [-0.1, -0.05) is 6.92 Å². The lowest BCUT2D eigenvalue weighted by atomic mass is 10.3. The molecule has 8 nitrogen and oxygen atoms in total. The number of ether oxygens (including phenoxy) is 1. The van der Waals surface area contributed by atoms with Crippen LogP contribution in [0.15, 0.2) is 36.9 Å². The normalized spacial score (nSPS) is 10.7. The Labute approximate surface area is 145 Å². The maximum Gasteiger partial charge on any atom is 0.259 e. The number of amides is 1. The molecule has 0 atom stereocenters. The number of nitrogens with zero attached hydrogens (tertiary/aromatic N) is 5. The lowest BCUT2D eigenvalue weighted by Crippen LogP contribution is -2.12. The van der Waals surface area contributed by atoms with Crippen molar-refractivity contribution in [3.05, 3.63) is 48.2 Å². The average Bonchev–Trinajstić information content (AvgIpc) is 3.16. The van der Waals surface area contributed by atoms with Crippen LogP contribution in [0.2, 0.25) is 0 Å². The number of hydrogen-bond donors (Lipinski definition) is 1. The van der Waals surface area contributed by atoms with Crippen LogP contribution in [-0.2, 0) is 13.6 Å². The molecular formula is C17H20N6O2. The van der Waals surface area contributed by atoms with E-state index >= 15 is 0 Å². The zero-order valence-electron chi connectivity index (χ0n) is 14.4. The highest BCUT2D eigenvalue weighted by Gasteiger charge is 2.19. The van der Waals surface area contributed by atoms with Gasteiger partial charge in [0.15, 0.2) is 0 Å². The molecule has 0 saturated heterocycles. The van der Waals surface area contributed by atoms with Crippen molar-refractivity contribution in [1.29, 1.82) is 0 Å². The summed E-state index contributed by atoms with van der Waals surface area (Å²) in [6, 6.07) is 3.56. The highest BCUT2D eigenvalue weighted by molar-refractivity contribution is 6.05. The van der Waals surface area contributed by atoms with Crippen molar-refractivity contribution in [2.24, 2.45) is 7.05 Å². The number of anilines is 1.